The fraction of sp³-hybridized carbons (Fsp3) is 0.632. The van der Waals surface area contributed by atoms with Crippen molar-refractivity contribution in [1.82, 2.24) is 0 Å². The summed E-state index contributed by atoms with van der Waals surface area (Å²) in [5.41, 5.74) is 0.243. The van der Waals surface area contributed by atoms with E-state index < -0.39 is 54.6 Å². The fourth-order valence-electron chi connectivity index (χ4n) is 2.66. The molecule has 5 atom stereocenters. The zero-order chi connectivity index (χ0) is 23.7. The van der Waals surface area contributed by atoms with E-state index in [1.54, 1.807) is 0 Å². The van der Waals surface area contributed by atoms with E-state index in [9.17, 15) is 24.0 Å². The SMILES string of the molecule is CC(=O)OC[C@H]1O[C@@H](O/C=C(\CBr)C(C)=O)[C@H](OC(C)=O)[C@@H](OC(C)=O)[C@@H]1OC(C)=O. The van der Waals surface area contributed by atoms with Crippen molar-refractivity contribution >= 4 is 45.6 Å². The summed E-state index contributed by atoms with van der Waals surface area (Å²) < 4.78 is 32.0. The molecular weight excluding hydrogens is 484 g/mol. The number of hydrogen-bond donors (Lipinski definition) is 0. The molecule has 1 rings (SSSR count). The molecule has 0 aromatic carbocycles. The zero-order valence-electron chi connectivity index (χ0n) is 17.7. The molecule has 0 saturated carbocycles. The van der Waals surface area contributed by atoms with E-state index in [1.165, 1.54) is 13.8 Å². The van der Waals surface area contributed by atoms with Crippen LogP contribution < -0.4 is 0 Å². The zero-order valence-corrected chi connectivity index (χ0v) is 19.3. The molecular formula is C19H25BrO11. The lowest BCUT2D eigenvalue weighted by atomic mass is 9.98. The maximum atomic E-state index is 11.7. The summed E-state index contributed by atoms with van der Waals surface area (Å²) in [4.78, 5) is 58.0. The average molecular weight is 509 g/mol. The summed E-state index contributed by atoms with van der Waals surface area (Å²) in [6, 6.07) is 0. The van der Waals surface area contributed by atoms with Crippen LogP contribution >= 0.6 is 15.9 Å². The first kappa shape index (κ1) is 26.6. The molecule has 0 bridgehead atoms. The van der Waals surface area contributed by atoms with Crippen LogP contribution in [0.4, 0.5) is 0 Å². The minimum absolute atomic E-state index is 0.174. The normalized spacial score (nSPS) is 25.7. The first-order valence-electron chi connectivity index (χ1n) is 9.18. The molecule has 31 heavy (non-hydrogen) atoms. The van der Waals surface area contributed by atoms with Gasteiger partial charge in [-0.05, 0) is 6.92 Å². The van der Waals surface area contributed by atoms with E-state index in [1.807, 2.05) is 0 Å². The highest BCUT2D eigenvalue weighted by Crippen LogP contribution is 2.30. The summed E-state index contributed by atoms with van der Waals surface area (Å²) in [6.45, 7) is 5.46. The Hall–Kier alpha value is -2.47. The van der Waals surface area contributed by atoms with Gasteiger partial charge in [0.25, 0.3) is 0 Å². The molecule has 0 aromatic rings. The number of ketones is 1. The molecule has 0 unspecified atom stereocenters. The van der Waals surface area contributed by atoms with Crippen molar-refractivity contribution in [2.75, 3.05) is 11.9 Å². The van der Waals surface area contributed by atoms with E-state index in [-0.39, 0.29) is 23.3 Å². The van der Waals surface area contributed by atoms with Gasteiger partial charge in [0.2, 0.25) is 12.4 Å². The van der Waals surface area contributed by atoms with Gasteiger partial charge in [-0.3, -0.25) is 24.0 Å². The fourth-order valence-corrected chi connectivity index (χ4v) is 3.18. The Kier molecular flexibility index (Phi) is 10.6. The third-order valence-electron chi connectivity index (χ3n) is 3.89. The lowest BCUT2D eigenvalue weighted by Crippen LogP contribution is -2.62. The van der Waals surface area contributed by atoms with E-state index in [0.717, 1.165) is 27.0 Å². The van der Waals surface area contributed by atoms with Gasteiger partial charge >= 0.3 is 23.9 Å². The summed E-state index contributed by atoms with van der Waals surface area (Å²) in [5, 5.41) is 0.174. The van der Waals surface area contributed by atoms with Gasteiger partial charge < -0.3 is 28.4 Å². The number of alkyl halides is 1. The van der Waals surface area contributed by atoms with Crippen molar-refractivity contribution in [3.63, 3.8) is 0 Å². The molecule has 174 valence electrons. The van der Waals surface area contributed by atoms with Crippen LogP contribution in [0.5, 0.6) is 0 Å². The summed E-state index contributed by atoms with van der Waals surface area (Å²) in [6.07, 6.45) is -5.39. The first-order valence-corrected chi connectivity index (χ1v) is 10.3. The predicted molar refractivity (Wildman–Crippen MR) is 106 cm³/mol. The van der Waals surface area contributed by atoms with Gasteiger partial charge in [-0.15, -0.1) is 0 Å². The number of carbonyl (C=O) groups excluding carboxylic acids is 5. The lowest BCUT2D eigenvalue weighted by molar-refractivity contribution is -0.297. The second-order valence-electron chi connectivity index (χ2n) is 6.54. The van der Waals surface area contributed by atoms with E-state index in [0.29, 0.717) is 0 Å². The Morgan fingerprint density at radius 1 is 0.806 bits per heavy atom. The second-order valence-corrected chi connectivity index (χ2v) is 7.10. The molecule has 0 aromatic heterocycles. The van der Waals surface area contributed by atoms with Crippen LogP contribution in [-0.4, -0.2) is 72.3 Å². The van der Waals surface area contributed by atoms with E-state index in [2.05, 4.69) is 15.9 Å². The van der Waals surface area contributed by atoms with Crippen molar-refractivity contribution in [3.05, 3.63) is 11.8 Å². The van der Waals surface area contributed by atoms with Crippen LogP contribution in [0, 0.1) is 0 Å². The average Bonchev–Trinajstić information content (AvgIpc) is 2.63. The van der Waals surface area contributed by atoms with Gasteiger partial charge in [-0.2, -0.15) is 0 Å². The molecule has 0 spiro atoms. The summed E-state index contributed by atoms with van der Waals surface area (Å²) >= 11 is 3.15. The van der Waals surface area contributed by atoms with Crippen LogP contribution in [0.25, 0.3) is 0 Å². The quantitative estimate of drug-likeness (QED) is 0.144. The van der Waals surface area contributed by atoms with Crippen LogP contribution in [0.2, 0.25) is 0 Å². The van der Waals surface area contributed by atoms with Crippen LogP contribution in [0.15, 0.2) is 11.8 Å². The van der Waals surface area contributed by atoms with E-state index in [4.69, 9.17) is 28.4 Å². The van der Waals surface area contributed by atoms with Gasteiger partial charge in [-0.25, -0.2) is 0 Å². The Morgan fingerprint density at radius 3 is 1.77 bits per heavy atom. The number of carbonyl (C=O) groups is 5. The van der Waals surface area contributed by atoms with Crippen molar-refractivity contribution in [2.24, 2.45) is 0 Å². The van der Waals surface area contributed by atoms with Crippen LogP contribution in [0.3, 0.4) is 0 Å². The van der Waals surface area contributed by atoms with Gasteiger partial charge in [-0.1, -0.05) is 15.9 Å². The molecule has 0 radical (unpaired) electrons. The predicted octanol–water partition coefficient (Wildman–Crippen LogP) is 0.954. The Balaban J connectivity index is 3.38. The number of rotatable bonds is 9. The molecule has 1 aliphatic rings. The molecule has 12 heteroatoms. The van der Waals surface area contributed by atoms with Crippen molar-refractivity contribution in [3.8, 4) is 0 Å². The highest BCUT2D eigenvalue weighted by molar-refractivity contribution is 9.09. The van der Waals surface area contributed by atoms with Crippen LogP contribution in [0.1, 0.15) is 34.6 Å². The monoisotopic (exact) mass is 508 g/mol. The third kappa shape index (κ3) is 8.66. The minimum Gasteiger partial charge on any atom is -0.468 e. The largest absolute Gasteiger partial charge is 0.468 e. The molecule has 1 aliphatic heterocycles. The second kappa shape index (κ2) is 12.4. The van der Waals surface area contributed by atoms with Gasteiger partial charge in [0.15, 0.2) is 18.0 Å². The highest BCUT2D eigenvalue weighted by Gasteiger charge is 2.53. The number of Topliss-reactive ketones (excluding diaryl/α,β-unsaturated/α-hetero) is 1. The van der Waals surface area contributed by atoms with Crippen molar-refractivity contribution in [1.29, 1.82) is 0 Å². The standard InChI is InChI=1S/C19H25BrO11/c1-9(21)14(6-20)7-27-19-18(30-13(5)25)17(29-12(4)24)16(28-11(3)23)15(31-19)8-26-10(2)22/h7,15-19H,6,8H2,1-5H3/b14-7+/t15-,16-,17+,18-,19-/m1/s1. The number of hydrogen-bond acceptors (Lipinski definition) is 11. The molecule has 0 amide bonds. The van der Waals surface area contributed by atoms with Gasteiger partial charge in [0.1, 0.15) is 12.7 Å². The first-order chi connectivity index (χ1) is 14.5. The Labute approximate surface area is 187 Å². The number of ether oxygens (including phenoxy) is 6. The highest BCUT2D eigenvalue weighted by atomic mass is 79.9. The van der Waals surface area contributed by atoms with Gasteiger partial charge in [0, 0.05) is 38.6 Å². The summed E-state index contributed by atoms with van der Waals surface area (Å²) in [7, 11) is 0. The molecule has 1 heterocycles. The van der Waals surface area contributed by atoms with Gasteiger partial charge in [0.05, 0.1) is 6.26 Å². The molecule has 0 aliphatic carbocycles. The molecule has 1 fully saturated rings. The van der Waals surface area contributed by atoms with Crippen LogP contribution in [-0.2, 0) is 52.4 Å². The number of halogens is 1. The number of allylic oxidation sites excluding steroid dienone is 1. The van der Waals surface area contributed by atoms with E-state index >= 15 is 0 Å². The molecule has 11 nitrogen and oxygen atoms in total. The third-order valence-corrected chi connectivity index (χ3v) is 4.49. The van der Waals surface area contributed by atoms with Crippen molar-refractivity contribution < 1.29 is 52.4 Å². The lowest BCUT2D eigenvalue weighted by Gasteiger charge is -2.43. The minimum atomic E-state index is -1.38. The Morgan fingerprint density at radius 2 is 1.32 bits per heavy atom. The Bertz CT molecular complexity index is 732. The topological polar surface area (TPSA) is 141 Å². The summed E-state index contributed by atoms with van der Waals surface area (Å²) in [5.74, 6) is -3.17. The smallest absolute Gasteiger partial charge is 0.303 e. The maximum absolute atomic E-state index is 11.7. The maximum Gasteiger partial charge on any atom is 0.303 e. The molecule has 1 saturated heterocycles. The number of esters is 4. The molecule has 0 N–H and O–H groups in total. The van der Waals surface area contributed by atoms with Crippen molar-refractivity contribution in [2.45, 2.75) is 65.3 Å².